The van der Waals surface area contributed by atoms with Crippen LogP contribution in [-0.2, 0) is 6.42 Å². The first-order chi connectivity index (χ1) is 6.74. The van der Waals surface area contributed by atoms with E-state index in [0.29, 0.717) is 15.9 Å². The van der Waals surface area contributed by atoms with Gasteiger partial charge in [-0.25, -0.2) is 0 Å². The normalized spacial score (nSPS) is 10.5. The van der Waals surface area contributed by atoms with E-state index in [1.807, 2.05) is 18.2 Å². The highest BCUT2D eigenvalue weighted by atomic mass is 35.5. The lowest BCUT2D eigenvalue weighted by Crippen LogP contribution is -2.19. The molecule has 0 saturated heterocycles. The Labute approximate surface area is 99.4 Å². The predicted molar refractivity (Wildman–Crippen MR) is 63.8 cm³/mol. The summed E-state index contributed by atoms with van der Waals surface area (Å²) in [7, 11) is 0. The lowest BCUT2D eigenvalue weighted by atomic mass is 10.1. The summed E-state index contributed by atoms with van der Waals surface area (Å²) in [6.07, 6.45) is 0.938. The van der Waals surface area contributed by atoms with Crippen LogP contribution in [-0.4, -0.2) is 19.0 Å². The SMILES string of the molecule is ClCCNCCc1ccc(Cl)c(Cl)c1. The van der Waals surface area contributed by atoms with Crippen LogP contribution in [0.2, 0.25) is 10.0 Å². The lowest BCUT2D eigenvalue weighted by Gasteiger charge is -2.04. The monoisotopic (exact) mass is 251 g/mol. The third kappa shape index (κ3) is 4.05. The van der Waals surface area contributed by atoms with Gasteiger partial charge in [-0.2, -0.15) is 0 Å². The van der Waals surface area contributed by atoms with Crippen LogP contribution in [0.25, 0.3) is 0 Å². The molecule has 0 bridgehead atoms. The zero-order valence-corrected chi connectivity index (χ0v) is 9.96. The molecule has 1 rings (SSSR count). The Hall–Kier alpha value is 0.0500. The number of rotatable bonds is 5. The van der Waals surface area contributed by atoms with Crippen LogP contribution in [0.3, 0.4) is 0 Å². The van der Waals surface area contributed by atoms with Crippen LogP contribution in [0.15, 0.2) is 18.2 Å². The van der Waals surface area contributed by atoms with Gasteiger partial charge in [-0.15, -0.1) is 11.6 Å². The van der Waals surface area contributed by atoms with Crippen molar-refractivity contribution in [3.8, 4) is 0 Å². The first kappa shape index (κ1) is 12.1. The van der Waals surface area contributed by atoms with Crippen molar-refractivity contribution in [3.05, 3.63) is 33.8 Å². The van der Waals surface area contributed by atoms with Crippen LogP contribution < -0.4 is 5.32 Å². The second-order valence-corrected chi connectivity index (χ2v) is 4.13. The summed E-state index contributed by atoms with van der Waals surface area (Å²) in [6, 6.07) is 5.70. The van der Waals surface area contributed by atoms with E-state index in [4.69, 9.17) is 34.8 Å². The number of hydrogen-bond donors (Lipinski definition) is 1. The molecule has 14 heavy (non-hydrogen) atoms. The van der Waals surface area contributed by atoms with Gasteiger partial charge in [0.25, 0.3) is 0 Å². The second kappa shape index (κ2) is 6.52. The Bertz CT molecular complexity index is 289. The Morgan fingerprint density at radius 2 is 1.86 bits per heavy atom. The largest absolute Gasteiger partial charge is 0.315 e. The minimum Gasteiger partial charge on any atom is -0.315 e. The molecule has 0 atom stereocenters. The van der Waals surface area contributed by atoms with Crippen molar-refractivity contribution in [1.82, 2.24) is 5.32 Å². The van der Waals surface area contributed by atoms with Crippen molar-refractivity contribution in [1.29, 1.82) is 0 Å². The van der Waals surface area contributed by atoms with Gasteiger partial charge in [-0.3, -0.25) is 0 Å². The molecule has 0 unspecified atom stereocenters. The van der Waals surface area contributed by atoms with Crippen molar-refractivity contribution >= 4 is 34.8 Å². The van der Waals surface area contributed by atoms with Crippen LogP contribution in [0, 0.1) is 0 Å². The van der Waals surface area contributed by atoms with E-state index in [0.717, 1.165) is 19.5 Å². The van der Waals surface area contributed by atoms with Crippen molar-refractivity contribution in [2.24, 2.45) is 0 Å². The highest BCUT2D eigenvalue weighted by Gasteiger charge is 1.98. The molecule has 4 heteroatoms. The van der Waals surface area contributed by atoms with Crippen LogP contribution in [0.1, 0.15) is 5.56 Å². The van der Waals surface area contributed by atoms with Crippen LogP contribution in [0.4, 0.5) is 0 Å². The average Bonchev–Trinajstić information content (AvgIpc) is 2.18. The van der Waals surface area contributed by atoms with Crippen molar-refractivity contribution < 1.29 is 0 Å². The minimum atomic E-state index is 0.601. The van der Waals surface area contributed by atoms with Crippen LogP contribution >= 0.6 is 34.8 Å². The van der Waals surface area contributed by atoms with E-state index in [9.17, 15) is 0 Å². The number of hydrogen-bond acceptors (Lipinski definition) is 1. The molecular weight excluding hydrogens is 240 g/mol. The van der Waals surface area contributed by atoms with Gasteiger partial charge in [0.2, 0.25) is 0 Å². The third-order valence-electron chi connectivity index (χ3n) is 1.85. The second-order valence-electron chi connectivity index (χ2n) is 2.94. The van der Waals surface area contributed by atoms with Gasteiger partial charge in [-0.05, 0) is 30.7 Å². The highest BCUT2D eigenvalue weighted by molar-refractivity contribution is 6.42. The molecule has 0 aliphatic rings. The summed E-state index contributed by atoms with van der Waals surface area (Å²) in [4.78, 5) is 0. The topological polar surface area (TPSA) is 12.0 Å². The fourth-order valence-corrected chi connectivity index (χ4v) is 1.57. The summed E-state index contributed by atoms with van der Waals surface area (Å²) in [5, 5.41) is 4.42. The summed E-state index contributed by atoms with van der Waals surface area (Å²) in [5.74, 6) is 0.640. The van der Waals surface area contributed by atoms with Gasteiger partial charge in [0.15, 0.2) is 0 Å². The molecule has 1 N–H and O–H groups in total. The molecule has 0 aliphatic heterocycles. The zero-order chi connectivity index (χ0) is 10.4. The van der Waals surface area contributed by atoms with Crippen molar-refractivity contribution in [3.63, 3.8) is 0 Å². The fraction of sp³-hybridized carbons (Fsp3) is 0.400. The van der Waals surface area contributed by atoms with E-state index < -0.39 is 0 Å². The maximum Gasteiger partial charge on any atom is 0.0595 e. The molecule has 0 aromatic heterocycles. The summed E-state index contributed by atoms with van der Waals surface area (Å²) in [6.45, 7) is 1.74. The maximum absolute atomic E-state index is 5.88. The molecular formula is C10H12Cl3N. The molecule has 1 nitrogen and oxygen atoms in total. The van der Waals surface area contributed by atoms with E-state index >= 15 is 0 Å². The molecule has 0 fully saturated rings. The maximum atomic E-state index is 5.88. The highest BCUT2D eigenvalue weighted by Crippen LogP contribution is 2.22. The van der Waals surface area contributed by atoms with Gasteiger partial charge in [0.1, 0.15) is 0 Å². The molecule has 0 saturated carbocycles. The number of benzene rings is 1. The predicted octanol–water partition coefficient (Wildman–Crippen LogP) is 3.36. The number of nitrogens with one attached hydrogen (secondary N) is 1. The standard InChI is InChI=1S/C10H12Cl3N/c11-4-6-14-5-3-8-1-2-9(12)10(13)7-8/h1-2,7,14H,3-6H2. The van der Waals surface area contributed by atoms with E-state index in [-0.39, 0.29) is 0 Å². The first-order valence-corrected chi connectivity index (χ1v) is 5.73. The van der Waals surface area contributed by atoms with Gasteiger partial charge in [-0.1, -0.05) is 29.3 Å². The van der Waals surface area contributed by atoms with Gasteiger partial charge in [0, 0.05) is 12.4 Å². The summed E-state index contributed by atoms with van der Waals surface area (Å²) >= 11 is 17.2. The Morgan fingerprint density at radius 3 is 2.50 bits per heavy atom. The van der Waals surface area contributed by atoms with Gasteiger partial charge < -0.3 is 5.32 Å². The van der Waals surface area contributed by atoms with Gasteiger partial charge >= 0.3 is 0 Å². The minimum absolute atomic E-state index is 0.601. The van der Waals surface area contributed by atoms with Crippen molar-refractivity contribution in [2.75, 3.05) is 19.0 Å². The lowest BCUT2D eigenvalue weighted by molar-refractivity contribution is 0.719. The van der Waals surface area contributed by atoms with E-state index in [2.05, 4.69) is 5.32 Å². The van der Waals surface area contributed by atoms with E-state index in [1.165, 1.54) is 5.56 Å². The fourth-order valence-electron chi connectivity index (χ4n) is 1.12. The molecule has 0 heterocycles. The molecule has 78 valence electrons. The Kier molecular flexibility index (Phi) is 5.64. The molecule has 1 aromatic rings. The number of halogens is 3. The summed E-state index contributed by atoms with van der Waals surface area (Å²) in [5.41, 5.74) is 1.18. The smallest absolute Gasteiger partial charge is 0.0595 e. The molecule has 0 aliphatic carbocycles. The van der Waals surface area contributed by atoms with Crippen LogP contribution in [0.5, 0.6) is 0 Å². The summed E-state index contributed by atoms with van der Waals surface area (Å²) < 4.78 is 0. The third-order valence-corrected chi connectivity index (χ3v) is 2.77. The average molecular weight is 253 g/mol. The van der Waals surface area contributed by atoms with Gasteiger partial charge in [0.05, 0.1) is 10.0 Å². The molecule has 0 spiro atoms. The quantitative estimate of drug-likeness (QED) is 0.626. The molecule has 0 radical (unpaired) electrons. The molecule has 0 amide bonds. The molecule has 1 aromatic carbocycles. The number of alkyl halides is 1. The first-order valence-electron chi connectivity index (χ1n) is 4.44. The zero-order valence-electron chi connectivity index (χ0n) is 7.69. The Balaban J connectivity index is 2.39. The Morgan fingerprint density at radius 1 is 1.07 bits per heavy atom. The van der Waals surface area contributed by atoms with E-state index in [1.54, 1.807) is 0 Å². The van der Waals surface area contributed by atoms with Crippen molar-refractivity contribution in [2.45, 2.75) is 6.42 Å².